The normalized spacial score (nSPS) is 22.3. The van der Waals surface area contributed by atoms with E-state index in [1.54, 1.807) is 19.2 Å². The molecule has 3 N–H and O–H groups in total. The maximum absolute atomic E-state index is 12.0. The summed E-state index contributed by atoms with van der Waals surface area (Å²) in [5.74, 6) is -0.0113. The largest absolute Gasteiger partial charge is 0.396 e. The molecule has 0 aliphatic carbocycles. The molecule has 1 unspecified atom stereocenters. The van der Waals surface area contributed by atoms with Crippen LogP contribution in [0.4, 0.5) is 11.4 Å². The lowest BCUT2D eigenvalue weighted by Crippen LogP contribution is -2.39. The summed E-state index contributed by atoms with van der Waals surface area (Å²) >= 11 is 0. The molecule has 1 aliphatic heterocycles. The lowest BCUT2D eigenvalue weighted by atomic mass is 9.89. The van der Waals surface area contributed by atoms with Crippen LogP contribution in [0.3, 0.4) is 0 Å². The fourth-order valence-electron chi connectivity index (χ4n) is 2.79. The van der Waals surface area contributed by atoms with E-state index < -0.39 is 15.3 Å². The van der Waals surface area contributed by atoms with Crippen molar-refractivity contribution in [3.05, 3.63) is 18.2 Å². The Morgan fingerprint density at radius 2 is 2.10 bits per heavy atom. The van der Waals surface area contributed by atoms with Gasteiger partial charge in [0.05, 0.1) is 21.7 Å². The summed E-state index contributed by atoms with van der Waals surface area (Å²) in [5.41, 5.74) is 6.46. The van der Waals surface area contributed by atoms with E-state index in [9.17, 15) is 13.2 Å². The Morgan fingerprint density at radius 1 is 1.43 bits per heavy atom. The number of nitrogens with zero attached hydrogens (tertiary/aromatic N) is 1. The summed E-state index contributed by atoms with van der Waals surface area (Å²) in [6.45, 7) is 3.09. The van der Waals surface area contributed by atoms with Gasteiger partial charge < -0.3 is 16.0 Å². The average molecular weight is 311 g/mol. The van der Waals surface area contributed by atoms with Crippen molar-refractivity contribution in [3.63, 3.8) is 0 Å². The highest BCUT2D eigenvalue weighted by molar-refractivity contribution is 7.90. The van der Waals surface area contributed by atoms with Crippen LogP contribution >= 0.6 is 0 Å². The average Bonchev–Trinajstić information content (AvgIpc) is 2.80. The second-order valence-electron chi connectivity index (χ2n) is 5.77. The van der Waals surface area contributed by atoms with Crippen molar-refractivity contribution in [2.45, 2.75) is 18.2 Å². The number of nitrogen functional groups attached to an aromatic ring is 1. The predicted octanol–water partition coefficient (Wildman–Crippen LogP) is 0.635. The molecule has 1 amide bonds. The molecule has 1 aromatic carbocycles. The van der Waals surface area contributed by atoms with Crippen LogP contribution < -0.4 is 16.0 Å². The highest BCUT2D eigenvalue weighted by Crippen LogP contribution is 2.37. The molecule has 1 aliphatic rings. The summed E-state index contributed by atoms with van der Waals surface area (Å²) in [6, 6.07) is 4.97. The van der Waals surface area contributed by atoms with E-state index in [-0.39, 0.29) is 16.5 Å². The minimum atomic E-state index is -3.37. The van der Waals surface area contributed by atoms with Gasteiger partial charge in [0.15, 0.2) is 9.84 Å². The molecule has 116 valence electrons. The second kappa shape index (κ2) is 5.22. The number of rotatable bonds is 3. The van der Waals surface area contributed by atoms with Gasteiger partial charge in [-0.2, -0.15) is 0 Å². The van der Waals surface area contributed by atoms with Gasteiger partial charge in [-0.05, 0) is 25.5 Å². The quantitative estimate of drug-likeness (QED) is 0.799. The minimum Gasteiger partial charge on any atom is -0.396 e. The van der Waals surface area contributed by atoms with Crippen LogP contribution in [0.2, 0.25) is 0 Å². The molecule has 0 aromatic heterocycles. The molecule has 0 radical (unpaired) electrons. The van der Waals surface area contributed by atoms with Crippen molar-refractivity contribution < 1.29 is 13.2 Å². The van der Waals surface area contributed by atoms with Crippen molar-refractivity contribution in [1.29, 1.82) is 0 Å². The second-order valence-corrected chi connectivity index (χ2v) is 7.76. The third-order valence-corrected chi connectivity index (χ3v) is 5.19. The third-order valence-electron chi connectivity index (χ3n) is 4.03. The highest BCUT2D eigenvalue weighted by atomic mass is 32.2. The molecule has 7 heteroatoms. The Kier molecular flexibility index (Phi) is 3.88. The van der Waals surface area contributed by atoms with Crippen LogP contribution in [0.5, 0.6) is 0 Å². The zero-order valence-electron chi connectivity index (χ0n) is 12.5. The number of amides is 1. The van der Waals surface area contributed by atoms with Gasteiger partial charge in [-0.1, -0.05) is 6.07 Å². The molecule has 6 nitrogen and oxygen atoms in total. The molecule has 21 heavy (non-hydrogen) atoms. The van der Waals surface area contributed by atoms with Crippen molar-refractivity contribution in [1.82, 2.24) is 5.32 Å². The monoisotopic (exact) mass is 311 g/mol. The molecular weight excluding hydrogens is 290 g/mol. The zero-order valence-corrected chi connectivity index (χ0v) is 13.3. The number of sulfone groups is 1. The molecular formula is C14H21N3O3S. The van der Waals surface area contributed by atoms with E-state index in [4.69, 9.17) is 5.73 Å². The molecule has 1 saturated heterocycles. The molecule has 0 spiro atoms. The van der Waals surface area contributed by atoms with Crippen LogP contribution in [0.15, 0.2) is 23.1 Å². The first-order valence-corrected chi connectivity index (χ1v) is 8.64. The van der Waals surface area contributed by atoms with Crippen molar-refractivity contribution >= 4 is 27.1 Å². The number of nitrogens with one attached hydrogen (secondary N) is 1. The predicted molar refractivity (Wildman–Crippen MR) is 83.0 cm³/mol. The van der Waals surface area contributed by atoms with Gasteiger partial charge in [-0.3, -0.25) is 4.79 Å². The number of para-hydroxylation sites is 1. The SMILES string of the molecule is CNC(=O)C1(C)CCN(c2cccc(S(C)(=O)=O)c2N)C1. The first kappa shape index (κ1) is 15.6. The number of carbonyl (C=O) groups is 1. The van der Waals surface area contributed by atoms with E-state index in [0.717, 1.165) is 6.26 Å². The fraction of sp³-hybridized carbons (Fsp3) is 0.500. The first-order chi connectivity index (χ1) is 9.69. The summed E-state index contributed by atoms with van der Waals surface area (Å²) in [7, 11) is -1.75. The van der Waals surface area contributed by atoms with Crippen LogP contribution in [-0.2, 0) is 14.6 Å². The Hall–Kier alpha value is -1.76. The van der Waals surface area contributed by atoms with Gasteiger partial charge in [0.1, 0.15) is 0 Å². The maximum atomic E-state index is 12.0. The highest BCUT2D eigenvalue weighted by Gasteiger charge is 2.40. The van der Waals surface area contributed by atoms with E-state index in [1.165, 1.54) is 6.07 Å². The van der Waals surface area contributed by atoms with Crippen LogP contribution in [0.1, 0.15) is 13.3 Å². The standard InChI is InChI=1S/C14H21N3O3S/c1-14(13(18)16-2)7-8-17(9-14)10-5-4-6-11(12(10)15)21(3,19)20/h4-6H,7-9,15H2,1-3H3,(H,16,18). The molecule has 1 fully saturated rings. The zero-order chi connectivity index (χ0) is 15.8. The van der Waals surface area contributed by atoms with Gasteiger partial charge in [-0.25, -0.2) is 8.42 Å². The lowest BCUT2D eigenvalue weighted by Gasteiger charge is -2.25. The van der Waals surface area contributed by atoms with E-state index in [2.05, 4.69) is 5.32 Å². The summed E-state index contributed by atoms with van der Waals surface area (Å²) < 4.78 is 23.5. The van der Waals surface area contributed by atoms with Crippen molar-refractivity contribution in [2.24, 2.45) is 5.41 Å². The van der Waals surface area contributed by atoms with E-state index in [1.807, 2.05) is 11.8 Å². The molecule has 2 rings (SSSR count). The molecule has 1 atom stereocenters. The molecule has 1 heterocycles. The first-order valence-electron chi connectivity index (χ1n) is 6.75. The molecule has 1 aromatic rings. The van der Waals surface area contributed by atoms with Crippen LogP contribution in [-0.4, -0.2) is 40.7 Å². The number of nitrogens with two attached hydrogens (primary N) is 1. The summed E-state index contributed by atoms with van der Waals surface area (Å²) in [6.07, 6.45) is 1.84. The lowest BCUT2D eigenvalue weighted by molar-refractivity contribution is -0.128. The summed E-state index contributed by atoms with van der Waals surface area (Å²) in [5, 5.41) is 2.68. The van der Waals surface area contributed by atoms with Gasteiger partial charge >= 0.3 is 0 Å². The van der Waals surface area contributed by atoms with Crippen LogP contribution in [0.25, 0.3) is 0 Å². The van der Waals surface area contributed by atoms with Gasteiger partial charge in [-0.15, -0.1) is 0 Å². The van der Waals surface area contributed by atoms with Gasteiger partial charge in [0.25, 0.3) is 0 Å². The smallest absolute Gasteiger partial charge is 0.227 e. The molecule has 0 bridgehead atoms. The number of anilines is 2. The third kappa shape index (κ3) is 2.83. The van der Waals surface area contributed by atoms with E-state index in [0.29, 0.717) is 25.2 Å². The Balaban J connectivity index is 2.36. The topological polar surface area (TPSA) is 92.5 Å². The fourth-order valence-corrected chi connectivity index (χ4v) is 3.62. The minimum absolute atomic E-state index is 0.0113. The number of benzene rings is 1. The Bertz CT molecular complexity index is 672. The van der Waals surface area contributed by atoms with Crippen LogP contribution in [0, 0.1) is 5.41 Å². The van der Waals surface area contributed by atoms with E-state index >= 15 is 0 Å². The van der Waals surface area contributed by atoms with Crippen molar-refractivity contribution in [2.75, 3.05) is 37.0 Å². The van der Waals surface area contributed by atoms with Gasteiger partial charge in [0, 0.05) is 26.4 Å². The Morgan fingerprint density at radius 3 is 2.67 bits per heavy atom. The Labute approximate surface area is 125 Å². The van der Waals surface area contributed by atoms with Crippen molar-refractivity contribution in [3.8, 4) is 0 Å². The molecule has 0 saturated carbocycles. The number of hydrogen-bond donors (Lipinski definition) is 2. The number of carbonyl (C=O) groups excluding carboxylic acids is 1. The van der Waals surface area contributed by atoms with Gasteiger partial charge in [0.2, 0.25) is 5.91 Å². The number of hydrogen-bond acceptors (Lipinski definition) is 5. The maximum Gasteiger partial charge on any atom is 0.227 e. The summed E-state index contributed by atoms with van der Waals surface area (Å²) in [4.78, 5) is 14.1.